The molecule has 138 valence electrons. The highest BCUT2D eigenvalue weighted by Crippen LogP contribution is 2.61. The fraction of sp³-hybridized carbons (Fsp3) is 0.208. The standard InChI is InChI=1S/C24H26O2P/c1-3-23(25)26-24(4-2)27(20-14-8-5-9-15-20,21-16-10-6-11-17-21)22-18-12-7-13-19-22/h5-19,24H,3-4H2,1-2H3/q+1. The van der Waals surface area contributed by atoms with E-state index in [1.54, 1.807) is 0 Å². The predicted molar refractivity (Wildman–Crippen MR) is 116 cm³/mol. The number of carbonyl (C=O) groups excluding carboxylic acids is 1. The molecule has 0 aliphatic carbocycles. The lowest BCUT2D eigenvalue weighted by atomic mass is 10.3. The largest absolute Gasteiger partial charge is 0.426 e. The first kappa shape index (κ1) is 19.3. The number of carbonyl (C=O) groups is 1. The van der Waals surface area contributed by atoms with Gasteiger partial charge in [-0.3, -0.25) is 4.79 Å². The van der Waals surface area contributed by atoms with E-state index in [1.165, 1.54) is 15.9 Å². The first-order chi connectivity index (χ1) is 13.2. The maximum atomic E-state index is 12.3. The van der Waals surface area contributed by atoms with Gasteiger partial charge >= 0.3 is 5.97 Å². The van der Waals surface area contributed by atoms with Crippen molar-refractivity contribution >= 4 is 29.1 Å². The summed E-state index contributed by atoms with van der Waals surface area (Å²) < 4.78 is 6.09. The summed E-state index contributed by atoms with van der Waals surface area (Å²) in [6, 6.07) is 31.6. The van der Waals surface area contributed by atoms with Gasteiger partial charge in [-0.1, -0.05) is 68.4 Å². The van der Waals surface area contributed by atoms with E-state index in [0.717, 1.165) is 6.42 Å². The van der Waals surface area contributed by atoms with Crippen LogP contribution in [-0.4, -0.2) is 11.8 Å². The molecule has 0 saturated carbocycles. The third-order valence-electron chi connectivity index (χ3n) is 4.83. The van der Waals surface area contributed by atoms with Crippen LogP contribution in [0.1, 0.15) is 26.7 Å². The van der Waals surface area contributed by atoms with E-state index in [-0.39, 0.29) is 11.8 Å². The minimum atomic E-state index is -2.17. The predicted octanol–water partition coefficient (Wildman–Crippen LogP) is 4.67. The van der Waals surface area contributed by atoms with E-state index in [2.05, 4.69) is 79.7 Å². The molecule has 0 aliphatic heterocycles. The van der Waals surface area contributed by atoms with E-state index >= 15 is 0 Å². The molecule has 3 rings (SSSR count). The summed E-state index contributed by atoms with van der Waals surface area (Å²) in [7, 11) is -2.17. The van der Waals surface area contributed by atoms with Crippen LogP contribution in [0.3, 0.4) is 0 Å². The van der Waals surface area contributed by atoms with E-state index in [4.69, 9.17) is 4.74 Å². The molecule has 0 spiro atoms. The SMILES string of the molecule is CCC(=O)OC(CC)[P+](c1ccccc1)(c1ccccc1)c1ccccc1. The van der Waals surface area contributed by atoms with Crippen LogP contribution in [0.4, 0.5) is 0 Å². The van der Waals surface area contributed by atoms with E-state index in [1.807, 2.05) is 25.1 Å². The molecule has 0 radical (unpaired) electrons. The van der Waals surface area contributed by atoms with Crippen LogP contribution in [0, 0.1) is 0 Å². The van der Waals surface area contributed by atoms with Crippen LogP contribution >= 0.6 is 7.26 Å². The third kappa shape index (κ3) is 3.82. The smallest absolute Gasteiger partial charge is 0.308 e. The van der Waals surface area contributed by atoms with Crippen LogP contribution < -0.4 is 15.9 Å². The number of hydrogen-bond donors (Lipinski definition) is 0. The molecule has 3 aromatic rings. The zero-order valence-corrected chi connectivity index (χ0v) is 16.8. The van der Waals surface area contributed by atoms with Gasteiger partial charge in [-0.05, 0) is 36.4 Å². The second kappa shape index (κ2) is 8.97. The Morgan fingerprint density at radius 3 is 1.41 bits per heavy atom. The zero-order valence-electron chi connectivity index (χ0n) is 15.9. The number of hydrogen-bond acceptors (Lipinski definition) is 2. The summed E-state index contributed by atoms with van der Waals surface area (Å²) in [5, 5.41) is 3.70. The number of rotatable bonds is 7. The monoisotopic (exact) mass is 377 g/mol. The molecule has 3 aromatic carbocycles. The average Bonchev–Trinajstić information content (AvgIpc) is 2.75. The van der Waals surface area contributed by atoms with Gasteiger partial charge in [0.05, 0.1) is 0 Å². The van der Waals surface area contributed by atoms with E-state index in [0.29, 0.717) is 6.42 Å². The Balaban J connectivity index is 2.33. The molecule has 2 nitrogen and oxygen atoms in total. The van der Waals surface area contributed by atoms with Gasteiger partial charge in [0.1, 0.15) is 15.9 Å². The Kier molecular flexibility index (Phi) is 6.42. The van der Waals surface area contributed by atoms with Gasteiger partial charge in [-0.25, -0.2) is 0 Å². The second-order valence-corrected chi connectivity index (χ2v) is 10.0. The molecule has 0 amide bonds. The van der Waals surface area contributed by atoms with Crippen molar-refractivity contribution < 1.29 is 9.53 Å². The maximum Gasteiger partial charge on any atom is 0.308 e. The molecule has 0 N–H and O–H groups in total. The van der Waals surface area contributed by atoms with E-state index < -0.39 is 7.26 Å². The first-order valence-electron chi connectivity index (χ1n) is 9.48. The quantitative estimate of drug-likeness (QED) is 0.442. The fourth-order valence-electron chi connectivity index (χ4n) is 3.61. The lowest BCUT2D eigenvalue weighted by Crippen LogP contribution is -2.40. The normalized spacial score (nSPS) is 12.4. The number of ether oxygens (including phenoxy) is 1. The van der Waals surface area contributed by atoms with Crippen LogP contribution in [-0.2, 0) is 9.53 Å². The lowest BCUT2D eigenvalue weighted by Gasteiger charge is -2.33. The highest BCUT2D eigenvalue weighted by Gasteiger charge is 2.53. The van der Waals surface area contributed by atoms with Crippen molar-refractivity contribution in [2.24, 2.45) is 0 Å². The Labute approximate surface area is 162 Å². The molecular formula is C24H26O2P+. The Morgan fingerprint density at radius 1 is 0.741 bits per heavy atom. The molecular weight excluding hydrogens is 351 g/mol. The van der Waals surface area contributed by atoms with Crippen molar-refractivity contribution in [3.8, 4) is 0 Å². The highest BCUT2D eigenvalue weighted by atomic mass is 31.2. The topological polar surface area (TPSA) is 26.3 Å². The minimum Gasteiger partial charge on any atom is -0.426 e. The third-order valence-corrected chi connectivity index (χ3v) is 9.50. The number of benzene rings is 3. The molecule has 0 bridgehead atoms. The molecule has 0 aliphatic rings. The molecule has 27 heavy (non-hydrogen) atoms. The first-order valence-corrected chi connectivity index (χ1v) is 11.3. The van der Waals surface area contributed by atoms with Crippen molar-refractivity contribution in [1.29, 1.82) is 0 Å². The number of esters is 1. The molecule has 0 heterocycles. The van der Waals surface area contributed by atoms with Crippen molar-refractivity contribution in [3.63, 3.8) is 0 Å². The van der Waals surface area contributed by atoms with Gasteiger partial charge in [0.2, 0.25) is 5.85 Å². The molecule has 1 unspecified atom stereocenters. The van der Waals surface area contributed by atoms with Gasteiger partial charge in [-0.15, -0.1) is 0 Å². The van der Waals surface area contributed by atoms with Gasteiger partial charge in [0.25, 0.3) is 0 Å². The molecule has 0 fully saturated rings. The summed E-state index contributed by atoms with van der Waals surface area (Å²) in [6.45, 7) is 3.96. The van der Waals surface area contributed by atoms with Gasteiger partial charge in [0.15, 0.2) is 7.26 Å². The van der Waals surface area contributed by atoms with Crippen molar-refractivity contribution in [1.82, 2.24) is 0 Å². The van der Waals surface area contributed by atoms with Gasteiger partial charge in [-0.2, -0.15) is 0 Å². The lowest BCUT2D eigenvalue weighted by molar-refractivity contribution is -0.145. The van der Waals surface area contributed by atoms with Crippen molar-refractivity contribution in [2.45, 2.75) is 32.5 Å². The fourth-order valence-corrected chi connectivity index (χ4v) is 8.25. The molecule has 3 heteroatoms. The van der Waals surface area contributed by atoms with Crippen LogP contribution in [0.5, 0.6) is 0 Å². The van der Waals surface area contributed by atoms with Gasteiger partial charge < -0.3 is 4.74 Å². The average molecular weight is 377 g/mol. The maximum absolute atomic E-state index is 12.3. The van der Waals surface area contributed by atoms with Crippen molar-refractivity contribution in [3.05, 3.63) is 91.0 Å². The Hall–Kier alpha value is -2.44. The minimum absolute atomic E-state index is 0.144. The summed E-state index contributed by atoms with van der Waals surface area (Å²) in [6.07, 6.45) is 1.15. The van der Waals surface area contributed by atoms with Crippen LogP contribution in [0.25, 0.3) is 0 Å². The summed E-state index contributed by atoms with van der Waals surface area (Å²) in [5.41, 5.74) is 0. The van der Waals surface area contributed by atoms with Gasteiger partial charge in [0, 0.05) is 12.8 Å². The Bertz CT molecular complexity index is 751. The molecule has 0 aromatic heterocycles. The van der Waals surface area contributed by atoms with Crippen LogP contribution in [0.15, 0.2) is 91.0 Å². The highest BCUT2D eigenvalue weighted by molar-refractivity contribution is 7.96. The second-order valence-electron chi connectivity index (χ2n) is 6.44. The zero-order chi connectivity index (χ0) is 19.1. The van der Waals surface area contributed by atoms with Crippen molar-refractivity contribution in [2.75, 3.05) is 0 Å². The summed E-state index contributed by atoms with van der Waals surface area (Å²) in [4.78, 5) is 12.3. The molecule has 0 saturated heterocycles. The summed E-state index contributed by atoms with van der Waals surface area (Å²) >= 11 is 0. The van der Waals surface area contributed by atoms with E-state index in [9.17, 15) is 4.79 Å². The summed E-state index contributed by atoms with van der Waals surface area (Å²) in [5.74, 6) is -0.342. The van der Waals surface area contributed by atoms with Crippen LogP contribution in [0.2, 0.25) is 0 Å². The Morgan fingerprint density at radius 2 is 1.11 bits per heavy atom. The molecule has 1 atom stereocenters.